The molecule has 0 spiro atoms. The van der Waals surface area contributed by atoms with Gasteiger partial charge in [-0.3, -0.25) is 25.2 Å². The Morgan fingerprint density at radius 2 is 1.77 bits per heavy atom. The zero-order valence-electron chi connectivity index (χ0n) is 14.5. The van der Waals surface area contributed by atoms with Crippen molar-refractivity contribution < 1.29 is 9.59 Å². The van der Waals surface area contributed by atoms with Crippen LogP contribution in [0.1, 0.15) is 43.7 Å². The van der Waals surface area contributed by atoms with Gasteiger partial charge in [0.15, 0.2) is 5.69 Å². The largest absolute Gasteiger partial charge is 0.290 e. The number of benzene rings is 1. The summed E-state index contributed by atoms with van der Waals surface area (Å²) in [6.45, 7) is 5.20. The number of hydrogen-bond donors (Lipinski definition) is 2. The summed E-state index contributed by atoms with van der Waals surface area (Å²) in [4.78, 5) is 37.3. The van der Waals surface area contributed by atoms with E-state index in [2.05, 4.69) is 16.0 Å². The van der Waals surface area contributed by atoms with Crippen LogP contribution in [0.3, 0.4) is 0 Å². The van der Waals surface area contributed by atoms with E-state index < -0.39 is 21.6 Å². The van der Waals surface area contributed by atoms with E-state index in [-0.39, 0.29) is 17.3 Å². The molecule has 0 aliphatic heterocycles. The van der Waals surface area contributed by atoms with Crippen molar-refractivity contribution in [3.05, 3.63) is 40.3 Å². The van der Waals surface area contributed by atoms with Gasteiger partial charge in [0.2, 0.25) is 5.91 Å². The zero-order chi connectivity index (χ0) is 19.3. The van der Waals surface area contributed by atoms with Gasteiger partial charge in [0.05, 0.1) is 16.8 Å². The van der Waals surface area contributed by atoms with Crippen LogP contribution in [-0.2, 0) is 4.79 Å². The van der Waals surface area contributed by atoms with Crippen LogP contribution in [0, 0.1) is 5.41 Å². The highest BCUT2D eigenvalue weighted by atomic mass is 35.5. The standard InChI is InChI=1S/C17H18Cl2N4O3/c1-9(2)23-14(25)11-7-5-4-6-10(11)12(22-23)13(24)20-21-15(26)16(3)8-17(16,18)19/h4-7,9H,8H2,1-3H3,(H,20,24)(H,21,26)/t16-/m0/s1. The van der Waals surface area contributed by atoms with Crippen molar-refractivity contribution in [2.75, 3.05) is 0 Å². The number of alkyl halides is 2. The zero-order valence-corrected chi connectivity index (χ0v) is 16.0. The molecule has 9 heteroatoms. The van der Waals surface area contributed by atoms with Crippen LogP contribution < -0.4 is 16.4 Å². The summed E-state index contributed by atoms with van der Waals surface area (Å²) >= 11 is 11.9. The molecule has 1 atom stereocenters. The summed E-state index contributed by atoms with van der Waals surface area (Å²) in [5, 5.41) is 4.96. The highest BCUT2D eigenvalue weighted by molar-refractivity contribution is 6.53. The third-order valence-corrected chi connectivity index (χ3v) is 5.68. The number of nitrogens with zero attached hydrogens (tertiary/aromatic N) is 2. The van der Waals surface area contributed by atoms with E-state index in [1.165, 1.54) is 4.68 Å². The minimum atomic E-state index is -1.14. The number of hydrogen-bond acceptors (Lipinski definition) is 4. The number of aromatic nitrogens is 2. The van der Waals surface area contributed by atoms with Gasteiger partial charge in [-0.25, -0.2) is 4.68 Å². The maximum Gasteiger partial charge on any atom is 0.290 e. The van der Waals surface area contributed by atoms with Gasteiger partial charge in [0, 0.05) is 5.39 Å². The molecule has 0 radical (unpaired) electrons. The lowest BCUT2D eigenvalue weighted by atomic mass is 10.1. The molecule has 2 N–H and O–H groups in total. The second kappa shape index (κ2) is 6.25. The molecule has 0 bridgehead atoms. The number of amides is 2. The third-order valence-electron chi connectivity index (χ3n) is 4.58. The van der Waals surface area contributed by atoms with Crippen molar-refractivity contribution in [2.45, 2.75) is 37.6 Å². The van der Waals surface area contributed by atoms with Crippen molar-refractivity contribution in [2.24, 2.45) is 5.41 Å². The average Bonchev–Trinajstić information content (AvgIpc) is 3.12. The van der Waals surface area contributed by atoms with Gasteiger partial charge in [-0.15, -0.1) is 23.2 Å². The van der Waals surface area contributed by atoms with Crippen molar-refractivity contribution >= 4 is 45.8 Å². The first kappa shape index (κ1) is 18.7. The first-order valence-corrected chi connectivity index (χ1v) is 8.84. The lowest BCUT2D eigenvalue weighted by Gasteiger charge is -2.15. The van der Waals surface area contributed by atoms with Gasteiger partial charge in [-0.1, -0.05) is 18.2 Å². The predicted octanol–water partition coefficient (Wildman–Crippen LogP) is 2.32. The highest BCUT2D eigenvalue weighted by Gasteiger charge is 2.68. The summed E-state index contributed by atoms with van der Waals surface area (Å²) in [5.41, 5.74) is 3.45. The van der Waals surface area contributed by atoms with Gasteiger partial charge in [-0.2, -0.15) is 5.10 Å². The fourth-order valence-electron chi connectivity index (χ4n) is 2.68. The molecule has 7 nitrogen and oxygen atoms in total. The van der Waals surface area contributed by atoms with Crippen LogP contribution in [0.2, 0.25) is 0 Å². The second-order valence-corrected chi connectivity index (χ2v) is 8.34. The van der Waals surface area contributed by atoms with Gasteiger partial charge >= 0.3 is 0 Å². The summed E-state index contributed by atoms with van der Waals surface area (Å²) < 4.78 is 0.0987. The number of carbonyl (C=O) groups is 2. The summed E-state index contributed by atoms with van der Waals surface area (Å²) in [6, 6.07) is 6.46. The van der Waals surface area contributed by atoms with Crippen molar-refractivity contribution in [1.82, 2.24) is 20.6 Å². The molecule has 1 saturated carbocycles. The van der Waals surface area contributed by atoms with Gasteiger partial charge in [-0.05, 0) is 33.3 Å². The molecule has 2 amide bonds. The summed E-state index contributed by atoms with van der Waals surface area (Å²) in [5.74, 6) is -1.12. The highest BCUT2D eigenvalue weighted by Crippen LogP contribution is 2.63. The topological polar surface area (TPSA) is 93.1 Å². The molecule has 3 rings (SSSR count). The number of rotatable bonds is 3. The molecule has 1 heterocycles. The molecule has 26 heavy (non-hydrogen) atoms. The molecular weight excluding hydrogens is 379 g/mol. The first-order valence-electron chi connectivity index (χ1n) is 8.08. The van der Waals surface area contributed by atoms with E-state index in [0.717, 1.165) is 0 Å². The van der Waals surface area contributed by atoms with E-state index in [4.69, 9.17) is 23.2 Å². The quantitative estimate of drug-likeness (QED) is 0.614. The number of hydrazine groups is 1. The van der Waals surface area contributed by atoms with Crippen molar-refractivity contribution in [3.63, 3.8) is 0 Å². The van der Waals surface area contributed by atoms with Crippen LogP contribution >= 0.6 is 23.2 Å². The third kappa shape index (κ3) is 2.95. The number of nitrogens with one attached hydrogen (secondary N) is 2. The Labute approximate surface area is 159 Å². The lowest BCUT2D eigenvalue weighted by Crippen LogP contribution is -2.46. The second-order valence-electron chi connectivity index (χ2n) is 6.86. The van der Waals surface area contributed by atoms with E-state index in [1.807, 2.05) is 0 Å². The fraction of sp³-hybridized carbons (Fsp3) is 0.412. The van der Waals surface area contributed by atoms with Gasteiger partial charge in [0.1, 0.15) is 4.33 Å². The van der Waals surface area contributed by atoms with E-state index in [0.29, 0.717) is 17.2 Å². The maximum atomic E-state index is 12.6. The monoisotopic (exact) mass is 396 g/mol. The Bertz CT molecular complexity index is 970. The van der Waals surface area contributed by atoms with Crippen LogP contribution in [0.15, 0.2) is 29.1 Å². The van der Waals surface area contributed by atoms with Crippen molar-refractivity contribution in [1.29, 1.82) is 0 Å². The predicted molar refractivity (Wildman–Crippen MR) is 99.2 cm³/mol. The molecule has 1 aromatic heterocycles. The number of halogens is 2. The molecule has 138 valence electrons. The minimum Gasteiger partial charge on any atom is -0.273 e. The number of fused-ring (bicyclic) bond motifs is 1. The Morgan fingerprint density at radius 3 is 2.31 bits per heavy atom. The molecule has 0 unspecified atom stereocenters. The SMILES string of the molecule is CC(C)n1nc(C(=O)NNC(=O)[C@]2(C)CC2(Cl)Cl)c2ccccc2c1=O. The van der Waals surface area contributed by atoms with Gasteiger partial charge in [0.25, 0.3) is 11.5 Å². The van der Waals surface area contributed by atoms with Crippen LogP contribution in [0.4, 0.5) is 0 Å². The van der Waals surface area contributed by atoms with E-state index >= 15 is 0 Å². The molecule has 2 aromatic rings. The average molecular weight is 397 g/mol. The van der Waals surface area contributed by atoms with Crippen LogP contribution in [0.25, 0.3) is 10.8 Å². The van der Waals surface area contributed by atoms with E-state index in [9.17, 15) is 14.4 Å². The minimum absolute atomic E-state index is 0.0400. The molecule has 1 aliphatic carbocycles. The number of carbonyl (C=O) groups excluding carboxylic acids is 2. The molecule has 1 aromatic carbocycles. The molecule has 1 fully saturated rings. The molecule has 0 saturated heterocycles. The Kier molecular flexibility index (Phi) is 4.48. The smallest absolute Gasteiger partial charge is 0.273 e. The molecular formula is C17H18Cl2N4O3. The van der Waals surface area contributed by atoms with Crippen LogP contribution in [0.5, 0.6) is 0 Å². The van der Waals surface area contributed by atoms with Crippen LogP contribution in [-0.4, -0.2) is 25.9 Å². The van der Waals surface area contributed by atoms with E-state index in [1.54, 1.807) is 45.0 Å². The fourth-order valence-corrected chi connectivity index (χ4v) is 3.39. The lowest BCUT2D eigenvalue weighted by molar-refractivity contribution is -0.126. The maximum absolute atomic E-state index is 12.6. The summed E-state index contributed by atoms with van der Waals surface area (Å²) in [7, 11) is 0. The van der Waals surface area contributed by atoms with Gasteiger partial charge < -0.3 is 0 Å². The Hall–Kier alpha value is -2.12. The Balaban J connectivity index is 1.90. The normalized spacial score (nSPS) is 20.8. The molecule has 1 aliphatic rings. The first-order chi connectivity index (χ1) is 12.1. The summed E-state index contributed by atoms with van der Waals surface area (Å²) in [6.07, 6.45) is 0.296. The van der Waals surface area contributed by atoms with Crippen molar-refractivity contribution in [3.8, 4) is 0 Å². The Morgan fingerprint density at radius 1 is 1.19 bits per heavy atom.